The van der Waals surface area contributed by atoms with Gasteiger partial charge in [0, 0.05) is 18.2 Å². The Morgan fingerprint density at radius 1 is 1.32 bits per heavy atom. The van der Waals surface area contributed by atoms with E-state index in [1.165, 1.54) is 0 Å². The number of carbonyl (C=O) groups is 1. The summed E-state index contributed by atoms with van der Waals surface area (Å²) in [6.07, 6.45) is 0.910. The fourth-order valence-electron chi connectivity index (χ4n) is 1.76. The second-order valence-electron chi connectivity index (χ2n) is 5.96. The Kier molecular flexibility index (Phi) is 7.43. The van der Waals surface area contributed by atoms with E-state index in [9.17, 15) is 4.79 Å². The van der Waals surface area contributed by atoms with Crippen molar-refractivity contribution in [2.24, 2.45) is 16.6 Å². The first kappa shape index (κ1) is 18.0. The van der Waals surface area contributed by atoms with Gasteiger partial charge in [0.2, 0.25) is 0 Å². The Morgan fingerprint density at radius 2 is 2.05 bits per heavy atom. The van der Waals surface area contributed by atoms with E-state index >= 15 is 0 Å². The molecule has 0 bridgehead atoms. The Balaban J connectivity index is 2.64. The molecule has 0 aliphatic carbocycles. The van der Waals surface area contributed by atoms with Gasteiger partial charge < -0.3 is 16.4 Å². The molecule has 122 valence electrons. The molecule has 0 spiro atoms. The molecular weight excluding hydrogens is 276 g/mol. The van der Waals surface area contributed by atoms with Crippen LogP contribution in [0.1, 0.15) is 50.0 Å². The van der Waals surface area contributed by atoms with Crippen LogP contribution in [0.3, 0.4) is 0 Å². The highest BCUT2D eigenvalue weighted by atomic mass is 16.1. The first-order valence-corrected chi connectivity index (χ1v) is 7.86. The molecule has 0 aliphatic rings. The molecule has 0 radical (unpaired) electrons. The minimum atomic E-state index is -0.0499. The van der Waals surface area contributed by atoms with E-state index in [0.29, 0.717) is 24.0 Å². The summed E-state index contributed by atoms with van der Waals surface area (Å²) < 4.78 is 0. The molecule has 22 heavy (non-hydrogen) atoms. The van der Waals surface area contributed by atoms with Gasteiger partial charge in [-0.2, -0.15) is 0 Å². The third-order valence-electron chi connectivity index (χ3n) is 3.30. The van der Waals surface area contributed by atoms with Crippen LogP contribution in [0.2, 0.25) is 0 Å². The molecule has 0 aromatic heterocycles. The smallest absolute Gasteiger partial charge is 0.251 e. The number of aliphatic imine (C=N–C) groups is 1. The van der Waals surface area contributed by atoms with E-state index in [0.717, 1.165) is 18.5 Å². The summed E-state index contributed by atoms with van der Waals surface area (Å²) in [6.45, 7) is 9.52. The average molecular weight is 304 g/mol. The molecule has 5 nitrogen and oxygen atoms in total. The topological polar surface area (TPSA) is 79.5 Å². The predicted octanol–water partition coefficient (Wildman–Crippen LogP) is 2.28. The predicted molar refractivity (Wildman–Crippen MR) is 91.8 cm³/mol. The van der Waals surface area contributed by atoms with E-state index in [1.54, 1.807) is 0 Å². The van der Waals surface area contributed by atoms with Crippen LogP contribution in [0.25, 0.3) is 0 Å². The number of nitrogens with zero attached hydrogens (tertiary/aromatic N) is 1. The van der Waals surface area contributed by atoms with Crippen molar-refractivity contribution in [3.63, 3.8) is 0 Å². The Hall–Kier alpha value is -2.04. The van der Waals surface area contributed by atoms with Gasteiger partial charge in [-0.1, -0.05) is 32.9 Å². The summed E-state index contributed by atoms with van der Waals surface area (Å²) in [5.41, 5.74) is 7.43. The molecule has 0 aliphatic heterocycles. The fraction of sp³-hybridized carbons (Fsp3) is 0.529. The molecule has 0 saturated carbocycles. The van der Waals surface area contributed by atoms with Crippen molar-refractivity contribution in [3.8, 4) is 0 Å². The first-order valence-electron chi connectivity index (χ1n) is 7.86. The number of carbonyl (C=O) groups excluding carboxylic acids is 1. The molecule has 1 amide bonds. The molecule has 1 unspecified atom stereocenters. The number of amides is 1. The minimum Gasteiger partial charge on any atom is -0.370 e. The number of nitrogens with one attached hydrogen (secondary N) is 2. The van der Waals surface area contributed by atoms with Gasteiger partial charge in [-0.05, 0) is 37.0 Å². The van der Waals surface area contributed by atoms with Gasteiger partial charge >= 0.3 is 0 Å². The fourth-order valence-corrected chi connectivity index (χ4v) is 1.76. The maximum Gasteiger partial charge on any atom is 0.251 e. The molecule has 5 heteroatoms. The van der Waals surface area contributed by atoms with Crippen LogP contribution in [0.4, 0.5) is 0 Å². The second-order valence-corrected chi connectivity index (χ2v) is 5.96. The van der Waals surface area contributed by atoms with Crippen LogP contribution in [-0.2, 0) is 6.54 Å². The van der Waals surface area contributed by atoms with Crippen molar-refractivity contribution >= 4 is 11.9 Å². The van der Waals surface area contributed by atoms with Crippen molar-refractivity contribution in [1.82, 2.24) is 10.6 Å². The van der Waals surface area contributed by atoms with Gasteiger partial charge in [-0.3, -0.25) is 4.79 Å². The molecule has 1 aromatic rings. The third kappa shape index (κ3) is 6.61. The number of guanidine groups is 1. The van der Waals surface area contributed by atoms with Crippen molar-refractivity contribution in [1.29, 1.82) is 0 Å². The number of benzene rings is 1. The third-order valence-corrected chi connectivity index (χ3v) is 3.30. The summed E-state index contributed by atoms with van der Waals surface area (Å²) in [6, 6.07) is 7.65. The summed E-state index contributed by atoms with van der Waals surface area (Å²) in [5.74, 6) is 0.899. The van der Waals surface area contributed by atoms with Gasteiger partial charge in [0.25, 0.3) is 5.91 Å². The van der Waals surface area contributed by atoms with E-state index in [2.05, 4.69) is 29.5 Å². The summed E-state index contributed by atoms with van der Waals surface area (Å²) in [4.78, 5) is 16.4. The van der Waals surface area contributed by atoms with E-state index in [1.807, 2.05) is 38.1 Å². The zero-order valence-electron chi connectivity index (χ0n) is 14.0. The van der Waals surface area contributed by atoms with Gasteiger partial charge in [0.15, 0.2) is 5.96 Å². The molecule has 0 saturated heterocycles. The quantitative estimate of drug-likeness (QED) is 0.534. The van der Waals surface area contributed by atoms with Crippen molar-refractivity contribution in [3.05, 3.63) is 35.4 Å². The van der Waals surface area contributed by atoms with Gasteiger partial charge in [0.1, 0.15) is 0 Å². The molecule has 1 rings (SSSR count). The lowest BCUT2D eigenvalue weighted by Gasteiger charge is -2.12. The Bertz CT molecular complexity index is 511. The number of nitrogens with two attached hydrogens (primary N) is 1. The largest absolute Gasteiger partial charge is 0.370 e. The molecular formula is C17H28N4O. The van der Waals surface area contributed by atoms with E-state index in [4.69, 9.17) is 5.73 Å². The number of hydrogen-bond acceptors (Lipinski definition) is 2. The van der Waals surface area contributed by atoms with Crippen LogP contribution < -0.4 is 16.4 Å². The highest BCUT2D eigenvalue weighted by Crippen LogP contribution is 2.07. The lowest BCUT2D eigenvalue weighted by Crippen LogP contribution is -2.34. The molecule has 1 atom stereocenters. The number of hydrogen-bond donors (Lipinski definition) is 3. The van der Waals surface area contributed by atoms with Crippen molar-refractivity contribution in [2.45, 2.75) is 46.7 Å². The molecule has 1 aromatic carbocycles. The van der Waals surface area contributed by atoms with E-state index in [-0.39, 0.29) is 11.9 Å². The second kappa shape index (κ2) is 9.07. The van der Waals surface area contributed by atoms with Crippen LogP contribution in [-0.4, -0.2) is 24.5 Å². The van der Waals surface area contributed by atoms with Crippen LogP contribution >= 0.6 is 0 Å². The standard InChI is InChI=1S/C17H28N4O/c1-5-13(4)21-16(22)15-8-6-7-14(9-15)11-20-17(18)19-10-12(2)3/h6-9,12-13H,5,10-11H2,1-4H3,(H,21,22)(H3,18,19,20). The summed E-state index contributed by atoms with van der Waals surface area (Å²) >= 11 is 0. The minimum absolute atomic E-state index is 0.0499. The Labute approximate surface area is 133 Å². The van der Waals surface area contributed by atoms with Crippen LogP contribution in [0.15, 0.2) is 29.3 Å². The monoisotopic (exact) mass is 304 g/mol. The average Bonchev–Trinajstić information content (AvgIpc) is 2.50. The lowest BCUT2D eigenvalue weighted by molar-refractivity contribution is 0.0939. The Morgan fingerprint density at radius 3 is 2.68 bits per heavy atom. The zero-order valence-corrected chi connectivity index (χ0v) is 14.0. The maximum absolute atomic E-state index is 12.1. The zero-order chi connectivity index (χ0) is 16.5. The van der Waals surface area contributed by atoms with Crippen LogP contribution in [0.5, 0.6) is 0 Å². The maximum atomic E-state index is 12.1. The van der Waals surface area contributed by atoms with Gasteiger partial charge in [0.05, 0.1) is 6.54 Å². The first-order chi connectivity index (χ1) is 10.4. The normalized spacial score (nSPS) is 13.0. The SMILES string of the molecule is CCC(C)NC(=O)c1cccc(CN=C(N)NCC(C)C)c1. The summed E-state index contributed by atoms with van der Waals surface area (Å²) in [7, 11) is 0. The number of rotatable bonds is 7. The highest BCUT2D eigenvalue weighted by molar-refractivity contribution is 5.94. The van der Waals surface area contributed by atoms with Crippen molar-refractivity contribution in [2.75, 3.05) is 6.54 Å². The molecule has 0 heterocycles. The van der Waals surface area contributed by atoms with Crippen molar-refractivity contribution < 1.29 is 4.79 Å². The van der Waals surface area contributed by atoms with Gasteiger partial charge in [-0.15, -0.1) is 0 Å². The lowest BCUT2D eigenvalue weighted by atomic mass is 10.1. The highest BCUT2D eigenvalue weighted by Gasteiger charge is 2.08. The molecule has 0 fully saturated rings. The summed E-state index contributed by atoms with van der Waals surface area (Å²) in [5, 5.41) is 6.03. The van der Waals surface area contributed by atoms with Crippen LogP contribution in [0, 0.1) is 5.92 Å². The molecule has 4 N–H and O–H groups in total. The van der Waals surface area contributed by atoms with Gasteiger partial charge in [-0.25, -0.2) is 4.99 Å². The van der Waals surface area contributed by atoms with E-state index < -0.39 is 0 Å².